The number of aromatic amines is 1. The van der Waals surface area contributed by atoms with Gasteiger partial charge in [-0.25, -0.2) is 0 Å². The molecular weight excluding hydrogens is 288 g/mol. The topological polar surface area (TPSA) is 121 Å². The molecule has 3 N–H and O–H groups in total. The number of amides is 1. The molecule has 8 heteroatoms. The van der Waals surface area contributed by atoms with Crippen molar-refractivity contribution in [2.45, 2.75) is 25.5 Å². The first kappa shape index (κ1) is 14.2. The smallest absolute Gasteiger partial charge is 0.322 e. The summed E-state index contributed by atoms with van der Waals surface area (Å²) in [5.74, 6) is -0.684. The largest absolute Gasteiger partial charge is 0.390 e. The molecule has 0 bridgehead atoms. The lowest BCUT2D eigenvalue weighted by Gasteiger charge is -2.17. The number of aryl methyl sites for hydroxylation is 1. The Morgan fingerprint density at radius 1 is 1.50 bits per heavy atom. The van der Waals surface area contributed by atoms with Crippen LogP contribution >= 0.6 is 0 Å². The Hall–Kier alpha value is -2.74. The van der Waals surface area contributed by atoms with Crippen LogP contribution < -0.4 is 5.32 Å². The van der Waals surface area contributed by atoms with Gasteiger partial charge in [0.05, 0.1) is 17.1 Å². The number of hydrogen-bond acceptors (Lipinski definition) is 5. The average Bonchev–Trinajstić information content (AvgIpc) is 3.00. The van der Waals surface area contributed by atoms with Gasteiger partial charge < -0.3 is 10.4 Å². The predicted molar refractivity (Wildman–Crippen MR) is 76.3 cm³/mol. The van der Waals surface area contributed by atoms with Crippen molar-refractivity contribution in [2.75, 3.05) is 0 Å². The summed E-state index contributed by atoms with van der Waals surface area (Å²) in [5, 5.41) is 29.9. The van der Waals surface area contributed by atoms with Gasteiger partial charge >= 0.3 is 5.69 Å². The number of benzene rings is 1. The number of aliphatic hydroxyl groups is 1. The maximum Gasteiger partial charge on any atom is 0.322 e. The summed E-state index contributed by atoms with van der Waals surface area (Å²) >= 11 is 0. The molecule has 1 aromatic heterocycles. The second kappa shape index (κ2) is 5.23. The van der Waals surface area contributed by atoms with Crippen LogP contribution in [0.2, 0.25) is 0 Å². The van der Waals surface area contributed by atoms with Crippen molar-refractivity contribution >= 4 is 11.6 Å². The van der Waals surface area contributed by atoms with Crippen molar-refractivity contribution in [3.8, 4) is 0 Å². The molecule has 1 aliphatic carbocycles. The number of aromatic nitrogens is 2. The zero-order chi connectivity index (χ0) is 15.9. The lowest BCUT2D eigenvalue weighted by molar-refractivity contribution is -0.385. The number of nitrogens with one attached hydrogen (secondary N) is 2. The van der Waals surface area contributed by atoms with Crippen LogP contribution in [0.1, 0.15) is 33.4 Å². The maximum atomic E-state index is 12.3. The fraction of sp³-hybridized carbons (Fsp3) is 0.286. The number of carbonyl (C=O) groups excluding carboxylic acids is 1. The standard InChI is InChI=1S/C14H14N4O4/c1-7-13(18(21)22)12(17-16-7)14(20)15-11-9-5-3-2-4-8(9)6-10(11)19/h2-5,10-11,19H,6H2,1H3,(H,15,20)(H,16,17)/t10-,11+/m1/s1. The normalized spacial score (nSPS) is 19.7. The van der Waals surface area contributed by atoms with E-state index < -0.39 is 23.0 Å². The molecule has 22 heavy (non-hydrogen) atoms. The molecule has 8 nitrogen and oxygen atoms in total. The Morgan fingerprint density at radius 2 is 2.23 bits per heavy atom. The third-order valence-corrected chi connectivity index (χ3v) is 3.80. The summed E-state index contributed by atoms with van der Waals surface area (Å²) in [7, 11) is 0. The molecule has 1 aromatic carbocycles. The molecule has 0 radical (unpaired) electrons. The summed E-state index contributed by atoms with van der Waals surface area (Å²) in [4.78, 5) is 22.7. The highest BCUT2D eigenvalue weighted by atomic mass is 16.6. The van der Waals surface area contributed by atoms with Gasteiger partial charge in [0.15, 0.2) is 0 Å². The second-order valence-electron chi connectivity index (χ2n) is 5.22. The van der Waals surface area contributed by atoms with Crippen LogP contribution in [0.25, 0.3) is 0 Å². The first-order valence-electron chi connectivity index (χ1n) is 6.75. The highest BCUT2D eigenvalue weighted by molar-refractivity contribution is 5.96. The molecule has 1 heterocycles. The van der Waals surface area contributed by atoms with Crippen molar-refractivity contribution < 1.29 is 14.8 Å². The van der Waals surface area contributed by atoms with Gasteiger partial charge in [-0.1, -0.05) is 24.3 Å². The molecule has 2 atom stereocenters. The molecule has 1 amide bonds. The van der Waals surface area contributed by atoms with Crippen molar-refractivity contribution in [3.63, 3.8) is 0 Å². The van der Waals surface area contributed by atoms with E-state index in [1.807, 2.05) is 24.3 Å². The molecule has 0 saturated heterocycles. The van der Waals surface area contributed by atoms with Gasteiger partial charge in [-0.3, -0.25) is 20.0 Å². The van der Waals surface area contributed by atoms with Gasteiger partial charge in [-0.2, -0.15) is 5.10 Å². The lowest BCUT2D eigenvalue weighted by atomic mass is 10.1. The number of fused-ring (bicyclic) bond motifs is 1. The van der Waals surface area contributed by atoms with Crippen molar-refractivity contribution in [3.05, 3.63) is 56.9 Å². The third-order valence-electron chi connectivity index (χ3n) is 3.80. The second-order valence-corrected chi connectivity index (χ2v) is 5.22. The van der Waals surface area contributed by atoms with E-state index in [9.17, 15) is 20.0 Å². The fourth-order valence-electron chi connectivity index (χ4n) is 2.76. The molecule has 3 rings (SSSR count). The molecule has 0 fully saturated rings. The number of rotatable bonds is 3. The van der Waals surface area contributed by atoms with E-state index in [2.05, 4.69) is 15.5 Å². The van der Waals surface area contributed by atoms with Crippen molar-refractivity contribution in [1.29, 1.82) is 0 Å². The Morgan fingerprint density at radius 3 is 2.95 bits per heavy atom. The molecule has 0 aliphatic heterocycles. The lowest BCUT2D eigenvalue weighted by Crippen LogP contribution is -2.34. The van der Waals surface area contributed by atoms with Crippen molar-refractivity contribution in [2.24, 2.45) is 0 Å². The van der Waals surface area contributed by atoms with Gasteiger partial charge in [0.1, 0.15) is 5.69 Å². The first-order valence-corrected chi connectivity index (χ1v) is 6.75. The van der Waals surface area contributed by atoms with Gasteiger partial charge in [-0.15, -0.1) is 0 Å². The van der Waals surface area contributed by atoms with Crippen LogP contribution in [0.3, 0.4) is 0 Å². The Kier molecular flexibility index (Phi) is 3.38. The van der Waals surface area contributed by atoms with Crippen LogP contribution in [0.4, 0.5) is 5.69 Å². The monoisotopic (exact) mass is 302 g/mol. The quantitative estimate of drug-likeness (QED) is 0.577. The minimum absolute atomic E-state index is 0.211. The first-order chi connectivity index (χ1) is 10.5. The molecule has 2 aromatic rings. The number of nitrogens with zero attached hydrogens (tertiary/aromatic N) is 2. The van der Waals surface area contributed by atoms with E-state index in [0.29, 0.717) is 6.42 Å². The molecule has 114 valence electrons. The highest BCUT2D eigenvalue weighted by Gasteiger charge is 2.35. The van der Waals surface area contributed by atoms with Gasteiger partial charge in [0, 0.05) is 6.42 Å². The van der Waals surface area contributed by atoms with Crippen LogP contribution in [0.5, 0.6) is 0 Å². The Balaban J connectivity index is 1.88. The Labute approximate surface area is 125 Å². The van der Waals surface area contributed by atoms with Crippen LogP contribution in [-0.4, -0.2) is 32.2 Å². The third kappa shape index (κ3) is 2.23. The molecular formula is C14H14N4O4. The van der Waals surface area contributed by atoms with Gasteiger partial charge in [0.25, 0.3) is 5.91 Å². The number of hydrogen-bond donors (Lipinski definition) is 3. The summed E-state index contributed by atoms with van der Waals surface area (Å²) in [6.07, 6.45) is -0.330. The summed E-state index contributed by atoms with van der Waals surface area (Å²) < 4.78 is 0. The van der Waals surface area contributed by atoms with E-state index in [4.69, 9.17) is 0 Å². The zero-order valence-corrected chi connectivity index (χ0v) is 11.7. The number of carbonyl (C=O) groups is 1. The van der Waals surface area contributed by atoms with E-state index >= 15 is 0 Å². The summed E-state index contributed by atoms with van der Waals surface area (Å²) in [5.41, 5.74) is 1.35. The molecule has 0 spiro atoms. The minimum atomic E-state index is -0.763. The number of aliphatic hydroxyl groups excluding tert-OH is 1. The highest BCUT2D eigenvalue weighted by Crippen LogP contribution is 2.32. The zero-order valence-electron chi connectivity index (χ0n) is 11.7. The van der Waals surface area contributed by atoms with E-state index in [1.165, 1.54) is 6.92 Å². The van der Waals surface area contributed by atoms with Crippen LogP contribution in [0.15, 0.2) is 24.3 Å². The van der Waals surface area contributed by atoms with E-state index in [1.54, 1.807) is 0 Å². The SMILES string of the molecule is Cc1[nH]nc(C(=O)N[C@H]2c3ccccc3C[C@H]2O)c1[N+](=O)[O-]. The fourth-order valence-corrected chi connectivity index (χ4v) is 2.76. The minimum Gasteiger partial charge on any atom is -0.390 e. The average molecular weight is 302 g/mol. The summed E-state index contributed by atoms with van der Waals surface area (Å²) in [6.45, 7) is 1.47. The van der Waals surface area contributed by atoms with Crippen LogP contribution in [0, 0.1) is 17.0 Å². The molecule has 1 aliphatic rings. The van der Waals surface area contributed by atoms with Crippen LogP contribution in [-0.2, 0) is 6.42 Å². The Bertz CT molecular complexity index is 755. The number of H-pyrrole nitrogens is 1. The van der Waals surface area contributed by atoms with Crippen molar-refractivity contribution in [1.82, 2.24) is 15.5 Å². The summed E-state index contributed by atoms with van der Waals surface area (Å²) in [6, 6.07) is 6.78. The molecule has 0 saturated carbocycles. The molecule has 0 unspecified atom stereocenters. The maximum absolute atomic E-state index is 12.3. The van der Waals surface area contributed by atoms with Gasteiger partial charge in [-0.05, 0) is 18.1 Å². The predicted octanol–water partition coefficient (Wildman–Crippen LogP) is 1.01. The van der Waals surface area contributed by atoms with E-state index in [-0.39, 0.29) is 17.1 Å². The van der Waals surface area contributed by atoms with Gasteiger partial charge in [0.2, 0.25) is 5.69 Å². The van der Waals surface area contributed by atoms with E-state index in [0.717, 1.165) is 11.1 Å². The number of nitro groups is 1.